The average Bonchev–Trinajstić information content (AvgIpc) is 2.61. The van der Waals surface area contributed by atoms with E-state index >= 15 is 0 Å². The highest BCUT2D eigenvalue weighted by atomic mass is 16.5. The minimum absolute atomic E-state index is 0.130. The molecule has 1 heterocycles. The van der Waals surface area contributed by atoms with Crippen molar-refractivity contribution in [2.45, 2.75) is 6.92 Å². The predicted molar refractivity (Wildman–Crippen MR) is 66.0 cm³/mol. The number of aromatic nitrogens is 2. The number of nitrogens with two attached hydrogens (primary N) is 1. The smallest absolute Gasteiger partial charge is 0.128 e. The summed E-state index contributed by atoms with van der Waals surface area (Å²) in [5.41, 5.74) is 7.95. The molecule has 3 N–H and O–H groups in total. The van der Waals surface area contributed by atoms with Gasteiger partial charge >= 0.3 is 0 Å². The minimum Gasteiger partial charge on any atom is -0.507 e. The summed E-state index contributed by atoms with van der Waals surface area (Å²) in [6, 6.07) is 5.13. The summed E-state index contributed by atoms with van der Waals surface area (Å²) in [5.74, 6) is 1.33. The molecule has 0 aliphatic heterocycles. The Bertz CT molecular complexity index is 542. The first-order valence-corrected chi connectivity index (χ1v) is 5.20. The fraction of sp³-hybridized carbons (Fsp3) is 0.250. The number of phenolic OH excluding ortho intramolecular Hbond substituents is 1. The summed E-state index contributed by atoms with van der Waals surface area (Å²) < 4.78 is 6.70. The van der Waals surface area contributed by atoms with Crippen LogP contribution in [0.15, 0.2) is 18.2 Å². The molecular formula is C12H15N3O2. The number of hydrogen-bond donors (Lipinski definition) is 2. The Morgan fingerprint density at radius 1 is 1.35 bits per heavy atom. The van der Waals surface area contributed by atoms with Crippen molar-refractivity contribution < 1.29 is 9.84 Å². The SMILES string of the molecule is COc1cc(O)c(-c2cc(N)n(C)n2)cc1C. The molecule has 0 spiro atoms. The van der Waals surface area contributed by atoms with Crippen LogP contribution >= 0.6 is 0 Å². The van der Waals surface area contributed by atoms with Gasteiger partial charge in [-0.05, 0) is 18.6 Å². The average molecular weight is 233 g/mol. The van der Waals surface area contributed by atoms with E-state index < -0.39 is 0 Å². The number of anilines is 1. The van der Waals surface area contributed by atoms with Gasteiger partial charge in [-0.15, -0.1) is 0 Å². The fourth-order valence-corrected chi connectivity index (χ4v) is 1.72. The number of hydrogen-bond acceptors (Lipinski definition) is 4. The third-order valence-corrected chi connectivity index (χ3v) is 2.71. The van der Waals surface area contributed by atoms with Crippen LogP contribution in [0.1, 0.15) is 5.56 Å². The molecule has 0 unspecified atom stereocenters. The molecule has 1 aromatic heterocycles. The van der Waals surface area contributed by atoms with Gasteiger partial charge in [0.05, 0.1) is 12.8 Å². The molecule has 0 atom stereocenters. The van der Waals surface area contributed by atoms with Crippen LogP contribution in [0, 0.1) is 6.92 Å². The second-order valence-electron chi connectivity index (χ2n) is 3.92. The zero-order chi connectivity index (χ0) is 12.6. The molecule has 5 heteroatoms. The van der Waals surface area contributed by atoms with Crippen molar-refractivity contribution >= 4 is 5.82 Å². The largest absolute Gasteiger partial charge is 0.507 e. The van der Waals surface area contributed by atoms with Gasteiger partial charge in [0.25, 0.3) is 0 Å². The zero-order valence-corrected chi connectivity index (χ0v) is 10.1. The Labute approximate surface area is 99.4 Å². The topological polar surface area (TPSA) is 73.3 Å². The van der Waals surface area contributed by atoms with Crippen LogP contribution in [0.4, 0.5) is 5.82 Å². The molecule has 0 fully saturated rings. The Balaban J connectivity index is 2.56. The number of methoxy groups -OCH3 is 1. The lowest BCUT2D eigenvalue weighted by molar-refractivity contribution is 0.405. The molecule has 0 aliphatic carbocycles. The number of ether oxygens (including phenoxy) is 1. The molecule has 17 heavy (non-hydrogen) atoms. The summed E-state index contributed by atoms with van der Waals surface area (Å²) in [4.78, 5) is 0. The Hall–Kier alpha value is -2.17. The maximum Gasteiger partial charge on any atom is 0.128 e. The van der Waals surface area contributed by atoms with Gasteiger partial charge in [-0.25, -0.2) is 0 Å². The highest BCUT2D eigenvalue weighted by Gasteiger charge is 2.12. The van der Waals surface area contributed by atoms with Crippen LogP contribution in [0.2, 0.25) is 0 Å². The third-order valence-electron chi connectivity index (χ3n) is 2.71. The van der Waals surface area contributed by atoms with Gasteiger partial charge in [-0.3, -0.25) is 4.68 Å². The lowest BCUT2D eigenvalue weighted by Gasteiger charge is -2.08. The Kier molecular flexibility index (Phi) is 2.67. The molecule has 1 aromatic carbocycles. The minimum atomic E-state index is 0.130. The van der Waals surface area contributed by atoms with Crippen LogP contribution in [0.3, 0.4) is 0 Å². The Morgan fingerprint density at radius 3 is 2.59 bits per heavy atom. The van der Waals surface area contributed by atoms with Gasteiger partial charge < -0.3 is 15.6 Å². The number of aromatic hydroxyl groups is 1. The molecule has 5 nitrogen and oxygen atoms in total. The van der Waals surface area contributed by atoms with E-state index in [0.717, 1.165) is 5.56 Å². The van der Waals surface area contributed by atoms with E-state index in [4.69, 9.17) is 10.5 Å². The van der Waals surface area contributed by atoms with Gasteiger partial charge in [0.1, 0.15) is 17.3 Å². The van der Waals surface area contributed by atoms with E-state index in [-0.39, 0.29) is 5.75 Å². The molecule has 0 aliphatic rings. The van der Waals surface area contributed by atoms with Gasteiger partial charge in [0.2, 0.25) is 0 Å². The summed E-state index contributed by atoms with van der Waals surface area (Å²) in [5, 5.41) is 14.2. The monoisotopic (exact) mass is 233 g/mol. The maximum absolute atomic E-state index is 9.93. The molecule has 2 aromatic rings. The normalized spacial score (nSPS) is 10.5. The van der Waals surface area contributed by atoms with Crippen molar-refractivity contribution in [3.63, 3.8) is 0 Å². The number of phenols is 1. The van der Waals surface area contributed by atoms with E-state index in [0.29, 0.717) is 22.8 Å². The maximum atomic E-state index is 9.93. The van der Waals surface area contributed by atoms with Gasteiger partial charge in [0, 0.05) is 24.7 Å². The number of aryl methyl sites for hydroxylation is 2. The van der Waals surface area contributed by atoms with Crippen LogP contribution < -0.4 is 10.5 Å². The zero-order valence-electron chi connectivity index (χ0n) is 10.1. The summed E-state index contributed by atoms with van der Waals surface area (Å²) in [6.07, 6.45) is 0. The number of rotatable bonds is 2. The molecule has 2 rings (SSSR count). The van der Waals surface area contributed by atoms with E-state index in [1.165, 1.54) is 0 Å². The van der Waals surface area contributed by atoms with Gasteiger partial charge in [-0.1, -0.05) is 0 Å². The number of nitrogen functional groups attached to an aromatic ring is 1. The summed E-state index contributed by atoms with van der Waals surface area (Å²) >= 11 is 0. The molecule has 0 amide bonds. The first-order chi connectivity index (χ1) is 8.02. The van der Waals surface area contributed by atoms with Crippen molar-refractivity contribution in [3.05, 3.63) is 23.8 Å². The lowest BCUT2D eigenvalue weighted by Crippen LogP contribution is -1.96. The van der Waals surface area contributed by atoms with Crippen molar-refractivity contribution in [3.8, 4) is 22.8 Å². The van der Waals surface area contributed by atoms with Crippen molar-refractivity contribution in [1.29, 1.82) is 0 Å². The van der Waals surface area contributed by atoms with Crippen LogP contribution in [0.25, 0.3) is 11.3 Å². The van der Waals surface area contributed by atoms with Crippen molar-refractivity contribution in [2.24, 2.45) is 7.05 Å². The molecular weight excluding hydrogens is 218 g/mol. The quantitative estimate of drug-likeness (QED) is 0.827. The standard InChI is InChI=1S/C12H15N3O2/c1-7-4-8(10(16)6-11(7)17-3)9-5-12(13)15(2)14-9/h4-6,16H,13H2,1-3H3. The highest BCUT2D eigenvalue weighted by molar-refractivity contribution is 5.71. The van der Waals surface area contributed by atoms with E-state index in [1.54, 1.807) is 31.0 Å². The first-order valence-electron chi connectivity index (χ1n) is 5.20. The second kappa shape index (κ2) is 4.01. The van der Waals surface area contributed by atoms with Crippen LogP contribution in [-0.2, 0) is 7.05 Å². The number of benzene rings is 1. The molecule has 90 valence electrons. The molecule has 0 saturated carbocycles. The van der Waals surface area contributed by atoms with Crippen molar-refractivity contribution in [2.75, 3.05) is 12.8 Å². The second-order valence-corrected chi connectivity index (χ2v) is 3.92. The van der Waals surface area contributed by atoms with E-state index in [2.05, 4.69) is 5.10 Å². The highest BCUT2D eigenvalue weighted by Crippen LogP contribution is 2.34. The predicted octanol–water partition coefficient (Wildman–Crippen LogP) is 1.69. The van der Waals surface area contributed by atoms with E-state index in [1.807, 2.05) is 13.0 Å². The molecule has 0 bridgehead atoms. The summed E-state index contributed by atoms with van der Waals surface area (Å²) in [7, 11) is 3.33. The lowest BCUT2D eigenvalue weighted by atomic mass is 10.1. The number of nitrogens with zero attached hydrogens (tertiary/aromatic N) is 2. The summed E-state index contributed by atoms with van der Waals surface area (Å²) in [6.45, 7) is 1.91. The molecule has 0 radical (unpaired) electrons. The fourth-order valence-electron chi connectivity index (χ4n) is 1.72. The Morgan fingerprint density at radius 2 is 2.06 bits per heavy atom. The van der Waals surface area contributed by atoms with Gasteiger partial charge in [0.15, 0.2) is 0 Å². The van der Waals surface area contributed by atoms with Crippen LogP contribution in [-0.4, -0.2) is 22.0 Å². The molecule has 0 saturated heterocycles. The first kappa shape index (κ1) is 11.3. The van der Waals surface area contributed by atoms with Crippen LogP contribution in [0.5, 0.6) is 11.5 Å². The van der Waals surface area contributed by atoms with Crippen molar-refractivity contribution in [1.82, 2.24) is 9.78 Å². The van der Waals surface area contributed by atoms with Gasteiger partial charge in [-0.2, -0.15) is 5.10 Å². The third kappa shape index (κ3) is 1.91. The van der Waals surface area contributed by atoms with E-state index in [9.17, 15) is 5.11 Å².